The molecule has 0 bridgehead atoms. The standard InChI is InChI=1S/5CNO.V/c5*2-1-3;/q5*-1;. The molecule has 0 aliphatic carbocycles. The molecule has 1 radical (unpaired) electrons. The van der Waals surface area contributed by atoms with Crippen LogP contribution in [0.2, 0.25) is 0 Å². The van der Waals surface area contributed by atoms with E-state index in [-0.39, 0.29) is 18.6 Å². The predicted molar refractivity (Wildman–Crippen MR) is 45.3 cm³/mol. The smallest absolute Gasteiger partial charge is 0 e. The van der Waals surface area contributed by atoms with Crippen molar-refractivity contribution in [3.63, 3.8) is 0 Å². The summed E-state index contributed by atoms with van der Waals surface area (Å²) < 4.78 is 0. The molecule has 0 aliphatic heterocycles. The molecule has 0 amide bonds. The maximum Gasteiger partial charge on any atom is 0 e. The van der Waals surface area contributed by atoms with E-state index in [4.69, 9.17) is 51.0 Å². The molecule has 16 heavy (non-hydrogen) atoms. The van der Waals surface area contributed by atoms with Gasteiger partial charge in [0.1, 0.15) is 0 Å². The summed E-state index contributed by atoms with van der Waals surface area (Å²) in [5.74, 6) is 0. The van der Waals surface area contributed by atoms with Crippen molar-refractivity contribution in [2.75, 3.05) is 0 Å². The number of isocyanates is 5. The monoisotopic (exact) mass is 261 g/mol. The van der Waals surface area contributed by atoms with Crippen LogP contribution < -0.4 is 0 Å². The van der Waals surface area contributed by atoms with Gasteiger partial charge in [-0.2, -0.15) is 0 Å². The summed E-state index contributed by atoms with van der Waals surface area (Å²) in [5, 5.41) is 33.8. The molecule has 11 heteroatoms. The Morgan fingerprint density at radius 1 is 0.438 bits per heavy atom. The summed E-state index contributed by atoms with van der Waals surface area (Å²) in [6.07, 6.45) is 2.50. The number of nitrogens with zero attached hydrogens (tertiary/aromatic N) is 5. The van der Waals surface area contributed by atoms with Crippen molar-refractivity contribution in [2.45, 2.75) is 0 Å². The predicted octanol–water partition coefficient (Wildman–Crippen LogP) is -0.544. The summed E-state index contributed by atoms with van der Waals surface area (Å²) in [4.78, 5) is 41.2. The van der Waals surface area contributed by atoms with Gasteiger partial charge in [0.15, 0.2) is 0 Å². The van der Waals surface area contributed by atoms with E-state index in [1.54, 1.807) is 0 Å². The molecule has 0 fully saturated rings. The third kappa shape index (κ3) is 199. The summed E-state index contributed by atoms with van der Waals surface area (Å²) in [7, 11) is 0. The fourth-order valence-corrected chi connectivity index (χ4v) is 0. The SMILES string of the molecule is [N-]=C=O.[N-]=C=O.[N-]=C=O.[N-]=C=O.[N-]=C=O.[V]. The van der Waals surface area contributed by atoms with Gasteiger partial charge >= 0.3 is 0 Å². The van der Waals surface area contributed by atoms with Gasteiger partial charge in [0.2, 0.25) is 0 Å². The summed E-state index contributed by atoms with van der Waals surface area (Å²) >= 11 is 0. The van der Waals surface area contributed by atoms with E-state index >= 15 is 0 Å². The normalized spacial score (nSPS) is 2.50. The van der Waals surface area contributed by atoms with Gasteiger partial charge in [-0.05, 0) is 30.4 Å². The van der Waals surface area contributed by atoms with E-state index < -0.39 is 0 Å². The molecule has 0 rings (SSSR count). The van der Waals surface area contributed by atoms with Gasteiger partial charge in [-0.1, -0.05) is 0 Å². The van der Waals surface area contributed by atoms with E-state index in [1.165, 1.54) is 0 Å². The third-order valence-electron chi connectivity index (χ3n) is 0. The second kappa shape index (κ2) is 267. The molecule has 0 spiro atoms. The van der Waals surface area contributed by atoms with Gasteiger partial charge in [-0.3, -0.25) is 24.0 Å². The van der Waals surface area contributed by atoms with Crippen molar-refractivity contribution in [1.82, 2.24) is 0 Å². The summed E-state index contributed by atoms with van der Waals surface area (Å²) in [6, 6.07) is 0. The zero-order chi connectivity index (χ0) is 13.5. The number of hydrogen-bond acceptors (Lipinski definition) is 5. The molecular formula is C5N5O5V-5. The van der Waals surface area contributed by atoms with Crippen LogP contribution in [0.25, 0.3) is 27.0 Å². The van der Waals surface area contributed by atoms with E-state index in [1.807, 2.05) is 0 Å². The Hall–Kier alpha value is -2.52. The van der Waals surface area contributed by atoms with Crippen molar-refractivity contribution in [2.24, 2.45) is 0 Å². The second-order valence-electron chi connectivity index (χ2n) is 0.456. The zero-order valence-electron chi connectivity index (χ0n) is 7.22. The molecule has 0 heterocycles. The first-order valence-electron chi connectivity index (χ1n) is 2.14. The van der Waals surface area contributed by atoms with Crippen LogP contribution in [0, 0.1) is 0 Å². The van der Waals surface area contributed by atoms with Crippen LogP contribution in [-0.4, -0.2) is 30.4 Å². The minimum Gasteiger partial charge on any atom is -0.724 e. The molecule has 0 aromatic carbocycles. The topological polar surface area (TPSA) is 197 Å². The molecule has 0 aliphatic rings. The van der Waals surface area contributed by atoms with Gasteiger partial charge < -0.3 is 27.0 Å². The number of carbonyl (C=O) groups excluding carboxylic acids is 5. The Bertz CT molecular complexity index is 204. The van der Waals surface area contributed by atoms with Gasteiger partial charge in [0.05, 0.1) is 0 Å². The molecule has 85 valence electrons. The van der Waals surface area contributed by atoms with Crippen LogP contribution in [0.3, 0.4) is 0 Å². The summed E-state index contributed by atoms with van der Waals surface area (Å²) in [5.41, 5.74) is 0. The van der Waals surface area contributed by atoms with E-state index in [0.29, 0.717) is 30.4 Å². The molecule has 10 nitrogen and oxygen atoms in total. The molecule has 0 aromatic heterocycles. The van der Waals surface area contributed by atoms with Crippen LogP contribution >= 0.6 is 0 Å². The minimum atomic E-state index is 0. The van der Waals surface area contributed by atoms with Crippen molar-refractivity contribution in [1.29, 1.82) is 0 Å². The van der Waals surface area contributed by atoms with Crippen molar-refractivity contribution >= 4 is 30.4 Å². The third-order valence-corrected chi connectivity index (χ3v) is 0. The van der Waals surface area contributed by atoms with E-state index in [0.717, 1.165) is 0 Å². The van der Waals surface area contributed by atoms with Crippen molar-refractivity contribution < 1.29 is 42.5 Å². The Morgan fingerprint density at radius 2 is 0.438 bits per heavy atom. The Labute approximate surface area is 100 Å². The zero-order valence-corrected chi connectivity index (χ0v) is 8.62. The molecule has 0 aromatic rings. The fraction of sp³-hybridized carbons (Fsp3) is 0. The average molecular weight is 261 g/mol. The van der Waals surface area contributed by atoms with E-state index in [2.05, 4.69) is 0 Å². The Balaban J connectivity index is -0.0000000192. The van der Waals surface area contributed by atoms with Gasteiger partial charge in [-0.25, -0.2) is 0 Å². The quantitative estimate of drug-likeness (QED) is 0.415. The minimum absolute atomic E-state index is 0. The maximum absolute atomic E-state index is 8.24. The second-order valence-corrected chi connectivity index (χ2v) is 0.456. The maximum atomic E-state index is 8.24. The first-order chi connectivity index (χ1) is 7.07. The fourth-order valence-electron chi connectivity index (χ4n) is 0. The van der Waals surface area contributed by atoms with Gasteiger partial charge in [-0.15, -0.1) is 0 Å². The first kappa shape index (κ1) is 37.5. The average Bonchev–Trinajstić information content (AvgIpc) is 2.09. The van der Waals surface area contributed by atoms with Gasteiger partial charge in [0.25, 0.3) is 0 Å². The number of rotatable bonds is 0. The largest absolute Gasteiger partial charge is 0.724 e. The van der Waals surface area contributed by atoms with Crippen molar-refractivity contribution in [3.8, 4) is 0 Å². The molecule has 0 N–H and O–H groups in total. The molecule has 0 unspecified atom stereocenters. The van der Waals surface area contributed by atoms with Crippen LogP contribution in [0.1, 0.15) is 0 Å². The van der Waals surface area contributed by atoms with Crippen molar-refractivity contribution in [3.05, 3.63) is 27.0 Å². The van der Waals surface area contributed by atoms with E-state index in [9.17, 15) is 0 Å². The first-order valence-corrected chi connectivity index (χ1v) is 2.14. The molecule has 0 saturated carbocycles. The van der Waals surface area contributed by atoms with Crippen LogP contribution in [0.4, 0.5) is 0 Å². The molecule has 0 saturated heterocycles. The molecule has 0 atom stereocenters. The number of hydrogen-bond donors (Lipinski definition) is 0. The molecular weight excluding hydrogens is 261 g/mol. The van der Waals surface area contributed by atoms with Crippen LogP contribution in [0.15, 0.2) is 0 Å². The van der Waals surface area contributed by atoms with Gasteiger partial charge in [0, 0.05) is 18.6 Å². The Kier molecular flexibility index (Phi) is 626. The van der Waals surface area contributed by atoms with Crippen LogP contribution in [-0.2, 0) is 42.5 Å². The van der Waals surface area contributed by atoms with Crippen LogP contribution in [0.5, 0.6) is 0 Å². The summed E-state index contributed by atoms with van der Waals surface area (Å²) in [6.45, 7) is 0. The Morgan fingerprint density at radius 3 is 0.438 bits per heavy atom.